The van der Waals surface area contributed by atoms with Crippen LogP contribution in [-0.2, 0) is 4.79 Å². The highest BCUT2D eigenvalue weighted by Gasteiger charge is 2.13. The van der Waals surface area contributed by atoms with E-state index < -0.39 is 11.7 Å². The summed E-state index contributed by atoms with van der Waals surface area (Å²) in [6.45, 7) is 0. The van der Waals surface area contributed by atoms with Gasteiger partial charge in [-0.15, -0.1) is 0 Å². The summed E-state index contributed by atoms with van der Waals surface area (Å²) in [5.74, 6) is -1.50. The van der Waals surface area contributed by atoms with Gasteiger partial charge in [0.15, 0.2) is 0 Å². The molecular formula is C16H9BrClFN2O2. The normalized spacial score (nSPS) is 11.0. The van der Waals surface area contributed by atoms with Crippen LogP contribution in [0, 0.1) is 17.1 Å². The Morgan fingerprint density at radius 2 is 2.09 bits per heavy atom. The van der Waals surface area contributed by atoms with Crippen molar-refractivity contribution >= 4 is 45.2 Å². The second kappa shape index (κ2) is 7.27. The van der Waals surface area contributed by atoms with Gasteiger partial charge in [0.1, 0.15) is 23.2 Å². The molecule has 0 unspecified atom stereocenters. The number of halogens is 3. The Kier molecular flexibility index (Phi) is 5.37. The molecule has 0 atom stereocenters. The molecule has 23 heavy (non-hydrogen) atoms. The van der Waals surface area contributed by atoms with Crippen LogP contribution < -0.4 is 5.32 Å². The lowest BCUT2D eigenvalue weighted by molar-refractivity contribution is -0.112. The van der Waals surface area contributed by atoms with E-state index in [4.69, 9.17) is 16.9 Å². The molecule has 1 amide bonds. The smallest absolute Gasteiger partial charge is 0.266 e. The lowest BCUT2D eigenvalue weighted by Gasteiger charge is -2.06. The van der Waals surface area contributed by atoms with Gasteiger partial charge in [-0.25, -0.2) is 4.39 Å². The number of anilines is 1. The second-order valence-corrected chi connectivity index (χ2v) is 5.70. The molecule has 2 rings (SSSR count). The lowest BCUT2D eigenvalue weighted by Crippen LogP contribution is -2.14. The minimum atomic E-state index is -0.752. The molecule has 0 bridgehead atoms. The van der Waals surface area contributed by atoms with Gasteiger partial charge in [-0.05, 0) is 51.8 Å². The number of carbonyl (C=O) groups excluding carboxylic acids is 1. The Labute approximate surface area is 144 Å². The number of nitrogens with one attached hydrogen (secondary N) is 1. The zero-order valence-electron chi connectivity index (χ0n) is 11.5. The molecule has 0 fully saturated rings. The van der Waals surface area contributed by atoms with E-state index in [2.05, 4.69) is 21.2 Å². The summed E-state index contributed by atoms with van der Waals surface area (Å²) < 4.78 is 13.8. The number of rotatable bonds is 3. The molecule has 0 spiro atoms. The molecule has 0 aromatic heterocycles. The number of nitriles is 1. The van der Waals surface area contributed by atoms with Gasteiger partial charge in [-0.3, -0.25) is 4.79 Å². The molecule has 116 valence electrons. The van der Waals surface area contributed by atoms with E-state index >= 15 is 0 Å². The molecule has 0 aliphatic carbocycles. The van der Waals surface area contributed by atoms with Gasteiger partial charge in [0, 0.05) is 0 Å². The van der Waals surface area contributed by atoms with Crippen molar-refractivity contribution in [2.24, 2.45) is 0 Å². The molecule has 0 heterocycles. The van der Waals surface area contributed by atoms with Gasteiger partial charge >= 0.3 is 0 Å². The minimum Gasteiger partial charge on any atom is -0.505 e. The summed E-state index contributed by atoms with van der Waals surface area (Å²) in [6, 6.07) is 10.3. The number of benzene rings is 2. The highest BCUT2D eigenvalue weighted by Crippen LogP contribution is 2.33. The number of para-hydroxylation sites is 1. The third-order valence-electron chi connectivity index (χ3n) is 2.84. The molecule has 2 aromatic carbocycles. The first-order valence-corrected chi connectivity index (χ1v) is 7.45. The van der Waals surface area contributed by atoms with Crippen LogP contribution in [0.1, 0.15) is 5.56 Å². The van der Waals surface area contributed by atoms with Crippen LogP contribution in [0.2, 0.25) is 5.02 Å². The molecular weight excluding hydrogens is 387 g/mol. The average Bonchev–Trinajstić information content (AvgIpc) is 2.52. The van der Waals surface area contributed by atoms with Crippen LogP contribution in [-0.4, -0.2) is 11.0 Å². The van der Waals surface area contributed by atoms with E-state index in [1.54, 1.807) is 12.1 Å². The molecule has 2 N–H and O–H groups in total. The largest absolute Gasteiger partial charge is 0.505 e. The van der Waals surface area contributed by atoms with Crippen LogP contribution in [0.25, 0.3) is 6.08 Å². The minimum absolute atomic E-state index is 0.0245. The first kappa shape index (κ1) is 17.0. The predicted octanol–water partition coefficient (Wildman–Crippen LogP) is 4.49. The molecule has 0 saturated heterocycles. The number of phenolic OH excluding ortho intramolecular Hbond substituents is 1. The van der Waals surface area contributed by atoms with Crippen molar-refractivity contribution in [2.75, 3.05) is 5.32 Å². The Morgan fingerprint density at radius 1 is 1.39 bits per heavy atom. The maximum absolute atomic E-state index is 13.5. The van der Waals surface area contributed by atoms with E-state index in [9.17, 15) is 14.3 Å². The fourth-order valence-corrected chi connectivity index (χ4v) is 2.56. The van der Waals surface area contributed by atoms with Crippen molar-refractivity contribution in [3.05, 3.63) is 62.8 Å². The molecule has 2 aromatic rings. The Hall–Kier alpha value is -2.36. The van der Waals surface area contributed by atoms with E-state index in [0.29, 0.717) is 10.0 Å². The number of hydrogen-bond acceptors (Lipinski definition) is 3. The standard InChI is InChI=1S/C16H9BrClFN2O2/c17-11-6-9(7-12(18)15(11)22)5-10(8-20)16(23)21-14-4-2-1-3-13(14)19/h1-7,22H,(H,21,23)/b10-5-. The third kappa shape index (κ3) is 4.09. The zero-order chi connectivity index (χ0) is 17.0. The van der Waals surface area contributed by atoms with E-state index in [1.165, 1.54) is 36.4 Å². The SMILES string of the molecule is N#C/C(=C/c1cc(Cl)c(O)c(Br)c1)C(=O)Nc1ccccc1F. The van der Waals surface area contributed by atoms with E-state index in [-0.39, 0.29) is 22.0 Å². The molecule has 4 nitrogen and oxygen atoms in total. The van der Waals surface area contributed by atoms with Crippen LogP contribution in [0.5, 0.6) is 5.75 Å². The Morgan fingerprint density at radius 3 is 2.70 bits per heavy atom. The summed E-state index contributed by atoms with van der Waals surface area (Å²) in [6.07, 6.45) is 1.28. The Balaban J connectivity index is 2.31. The highest BCUT2D eigenvalue weighted by atomic mass is 79.9. The van der Waals surface area contributed by atoms with Gasteiger partial charge < -0.3 is 10.4 Å². The van der Waals surface area contributed by atoms with Crippen LogP contribution in [0.15, 0.2) is 46.4 Å². The first-order valence-electron chi connectivity index (χ1n) is 6.28. The summed E-state index contributed by atoms with van der Waals surface area (Å²) >= 11 is 8.95. The van der Waals surface area contributed by atoms with Gasteiger partial charge in [0.2, 0.25) is 0 Å². The van der Waals surface area contributed by atoms with Gasteiger partial charge in [0.05, 0.1) is 15.2 Å². The predicted molar refractivity (Wildman–Crippen MR) is 89.4 cm³/mol. The second-order valence-electron chi connectivity index (χ2n) is 4.44. The van der Waals surface area contributed by atoms with Crippen LogP contribution in [0.3, 0.4) is 0 Å². The summed E-state index contributed by atoms with van der Waals surface area (Å²) in [5, 5.41) is 21.1. The molecule has 0 aliphatic heterocycles. The first-order chi connectivity index (χ1) is 10.9. The maximum Gasteiger partial charge on any atom is 0.266 e. The summed E-state index contributed by atoms with van der Waals surface area (Å²) in [5.41, 5.74) is 0.172. The number of carbonyl (C=O) groups is 1. The van der Waals surface area contributed by atoms with E-state index in [1.807, 2.05) is 0 Å². The van der Waals surface area contributed by atoms with Crippen molar-refractivity contribution in [1.82, 2.24) is 0 Å². The monoisotopic (exact) mass is 394 g/mol. The average molecular weight is 396 g/mol. The number of aromatic hydroxyl groups is 1. The van der Waals surface area contributed by atoms with Crippen molar-refractivity contribution in [3.63, 3.8) is 0 Å². The summed E-state index contributed by atoms with van der Waals surface area (Å²) in [4.78, 5) is 12.1. The van der Waals surface area contributed by atoms with Crippen molar-refractivity contribution < 1.29 is 14.3 Å². The van der Waals surface area contributed by atoms with Crippen LogP contribution >= 0.6 is 27.5 Å². The van der Waals surface area contributed by atoms with Crippen molar-refractivity contribution in [3.8, 4) is 11.8 Å². The van der Waals surface area contributed by atoms with Gasteiger partial charge in [-0.1, -0.05) is 23.7 Å². The maximum atomic E-state index is 13.5. The fraction of sp³-hybridized carbons (Fsp3) is 0. The Bertz CT molecular complexity index is 823. The number of phenols is 1. The lowest BCUT2D eigenvalue weighted by atomic mass is 10.1. The molecule has 0 radical (unpaired) electrons. The van der Waals surface area contributed by atoms with Crippen LogP contribution in [0.4, 0.5) is 10.1 Å². The third-order valence-corrected chi connectivity index (χ3v) is 3.73. The molecule has 0 aliphatic rings. The van der Waals surface area contributed by atoms with Crippen molar-refractivity contribution in [2.45, 2.75) is 0 Å². The zero-order valence-corrected chi connectivity index (χ0v) is 13.8. The number of amides is 1. The van der Waals surface area contributed by atoms with E-state index in [0.717, 1.165) is 0 Å². The molecule has 7 heteroatoms. The topological polar surface area (TPSA) is 73.1 Å². The summed E-state index contributed by atoms with van der Waals surface area (Å²) in [7, 11) is 0. The van der Waals surface area contributed by atoms with Crippen molar-refractivity contribution in [1.29, 1.82) is 5.26 Å². The molecule has 0 saturated carbocycles. The van der Waals surface area contributed by atoms with Gasteiger partial charge in [0.25, 0.3) is 5.91 Å². The quantitative estimate of drug-likeness (QED) is 0.594. The number of nitrogens with zero attached hydrogens (tertiary/aromatic N) is 1. The number of hydrogen-bond donors (Lipinski definition) is 2. The highest BCUT2D eigenvalue weighted by molar-refractivity contribution is 9.10. The van der Waals surface area contributed by atoms with Gasteiger partial charge in [-0.2, -0.15) is 5.26 Å². The fourth-order valence-electron chi connectivity index (χ4n) is 1.74.